The number of nitrogens with two attached hydrogens (primary N) is 1. The van der Waals surface area contributed by atoms with Crippen molar-refractivity contribution in [2.45, 2.75) is 51.0 Å². The highest BCUT2D eigenvalue weighted by atomic mass is 32.2. The first-order valence-corrected chi connectivity index (χ1v) is 8.07. The fraction of sp³-hybridized carbons (Fsp3) is 0.615. The highest BCUT2D eigenvalue weighted by molar-refractivity contribution is 7.89. The lowest BCUT2D eigenvalue weighted by Crippen LogP contribution is -2.33. The Morgan fingerprint density at radius 2 is 2.15 bits per heavy atom. The molecule has 112 valence electrons. The zero-order valence-electron chi connectivity index (χ0n) is 11.9. The number of nitrogens with one attached hydrogen (secondary N) is 1. The number of amides is 1. The molecule has 3 N–H and O–H groups in total. The Morgan fingerprint density at radius 3 is 2.60 bits per heavy atom. The van der Waals surface area contributed by atoms with Gasteiger partial charge in [0, 0.05) is 12.1 Å². The van der Waals surface area contributed by atoms with Crippen molar-refractivity contribution in [3.05, 3.63) is 17.6 Å². The Morgan fingerprint density at radius 1 is 1.50 bits per heavy atom. The number of carbonyl (C=O) groups excluding carboxylic acids is 1. The average Bonchev–Trinajstić information content (AvgIpc) is 2.81. The Kier molecular flexibility index (Phi) is 3.68. The number of carbonyl (C=O) groups is 1. The molecular formula is C13H20N2O4S. The van der Waals surface area contributed by atoms with Gasteiger partial charge in [0.15, 0.2) is 5.76 Å². The van der Waals surface area contributed by atoms with Gasteiger partial charge in [-0.25, -0.2) is 13.6 Å². The van der Waals surface area contributed by atoms with Crippen LogP contribution in [0.3, 0.4) is 0 Å². The molecule has 1 heterocycles. The molecule has 0 saturated heterocycles. The van der Waals surface area contributed by atoms with Crippen molar-refractivity contribution in [2.75, 3.05) is 0 Å². The fourth-order valence-corrected chi connectivity index (χ4v) is 3.39. The smallest absolute Gasteiger partial charge is 0.287 e. The molecule has 0 bridgehead atoms. The molecule has 1 amide bonds. The zero-order valence-corrected chi connectivity index (χ0v) is 12.7. The van der Waals surface area contributed by atoms with Crippen LogP contribution in [-0.4, -0.2) is 20.4 Å². The summed E-state index contributed by atoms with van der Waals surface area (Å²) in [5.41, 5.74) is 0.225. The molecule has 2 rings (SSSR count). The van der Waals surface area contributed by atoms with Gasteiger partial charge < -0.3 is 9.73 Å². The molecule has 1 fully saturated rings. The van der Waals surface area contributed by atoms with E-state index >= 15 is 0 Å². The maximum Gasteiger partial charge on any atom is 0.287 e. The van der Waals surface area contributed by atoms with E-state index in [1.54, 1.807) is 0 Å². The van der Waals surface area contributed by atoms with E-state index in [-0.39, 0.29) is 27.9 Å². The molecular weight excluding hydrogens is 280 g/mol. The van der Waals surface area contributed by atoms with Crippen molar-refractivity contribution in [1.29, 1.82) is 0 Å². The van der Waals surface area contributed by atoms with Gasteiger partial charge in [-0.15, -0.1) is 0 Å². The molecule has 1 atom stereocenters. The van der Waals surface area contributed by atoms with Gasteiger partial charge in [0.05, 0.1) is 0 Å². The van der Waals surface area contributed by atoms with Crippen LogP contribution in [0, 0.1) is 12.3 Å². The lowest BCUT2D eigenvalue weighted by atomic mass is 9.92. The first-order valence-electron chi connectivity index (χ1n) is 6.53. The van der Waals surface area contributed by atoms with E-state index in [1.165, 1.54) is 13.0 Å². The van der Waals surface area contributed by atoms with Gasteiger partial charge in [0.1, 0.15) is 10.7 Å². The zero-order chi connectivity index (χ0) is 15.1. The van der Waals surface area contributed by atoms with Crippen molar-refractivity contribution in [3.63, 3.8) is 0 Å². The lowest BCUT2D eigenvalue weighted by molar-refractivity contribution is 0.0906. The molecule has 1 aromatic heterocycles. The van der Waals surface area contributed by atoms with Crippen LogP contribution in [0.5, 0.6) is 0 Å². The minimum atomic E-state index is -3.87. The van der Waals surface area contributed by atoms with E-state index in [4.69, 9.17) is 9.56 Å². The molecule has 6 nitrogen and oxygen atoms in total. The Balaban J connectivity index is 2.11. The summed E-state index contributed by atoms with van der Waals surface area (Å²) in [6.07, 6.45) is 2.87. The van der Waals surface area contributed by atoms with Crippen LogP contribution in [0.25, 0.3) is 0 Å². The second-order valence-electron chi connectivity index (χ2n) is 6.15. The van der Waals surface area contributed by atoms with Gasteiger partial charge >= 0.3 is 0 Å². The lowest BCUT2D eigenvalue weighted by Gasteiger charge is -2.17. The third-order valence-corrected chi connectivity index (χ3v) is 4.72. The van der Waals surface area contributed by atoms with Gasteiger partial charge in [-0.3, -0.25) is 4.79 Å². The van der Waals surface area contributed by atoms with Crippen LogP contribution >= 0.6 is 0 Å². The van der Waals surface area contributed by atoms with Crippen molar-refractivity contribution in [2.24, 2.45) is 10.6 Å². The molecule has 0 radical (unpaired) electrons. The summed E-state index contributed by atoms with van der Waals surface area (Å²) in [4.78, 5) is 11.9. The minimum absolute atomic E-state index is 0.0174. The third kappa shape index (κ3) is 3.21. The molecule has 0 aliphatic heterocycles. The van der Waals surface area contributed by atoms with Crippen LogP contribution in [0.2, 0.25) is 0 Å². The van der Waals surface area contributed by atoms with Gasteiger partial charge in [0.25, 0.3) is 5.91 Å². The number of hydrogen-bond acceptors (Lipinski definition) is 4. The maximum absolute atomic E-state index is 12.1. The van der Waals surface area contributed by atoms with E-state index in [9.17, 15) is 13.2 Å². The standard InChI is InChI=1S/C13H20N2O4S/c1-8-11(20(14,17)18)6-10(19-8)12(16)15-9-4-5-13(2,3)7-9/h6,9H,4-5,7H2,1-3H3,(H,15,16)(H2,14,17,18). The highest BCUT2D eigenvalue weighted by Gasteiger charge is 2.32. The first kappa shape index (κ1) is 15.1. The number of sulfonamides is 1. The second-order valence-corrected chi connectivity index (χ2v) is 7.68. The SMILES string of the molecule is Cc1oc(C(=O)NC2CCC(C)(C)C2)cc1S(N)(=O)=O. The quantitative estimate of drug-likeness (QED) is 0.883. The molecule has 1 aliphatic carbocycles. The molecule has 1 aliphatic rings. The Hall–Kier alpha value is -1.34. The molecule has 1 unspecified atom stereocenters. The predicted molar refractivity (Wildman–Crippen MR) is 73.7 cm³/mol. The Bertz CT molecular complexity index is 631. The van der Waals surface area contributed by atoms with Crippen molar-refractivity contribution < 1.29 is 17.6 Å². The van der Waals surface area contributed by atoms with E-state index in [2.05, 4.69) is 19.2 Å². The average molecular weight is 300 g/mol. The van der Waals surface area contributed by atoms with E-state index in [1.807, 2.05) is 0 Å². The normalized spacial score (nSPS) is 21.9. The number of rotatable bonds is 3. The topological polar surface area (TPSA) is 102 Å². The summed E-state index contributed by atoms with van der Waals surface area (Å²) in [6.45, 7) is 5.79. The molecule has 1 aromatic rings. The van der Waals surface area contributed by atoms with Gasteiger partial charge in [-0.1, -0.05) is 13.8 Å². The summed E-state index contributed by atoms with van der Waals surface area (Å²) in [6, 6.07) is 1.28. The van der Waals surface area contributed by atoms with E-state index in [0.29, 0.717) is 0 Å². The Labute approximate surface area is 118 Å². The van der Waals surface area contributed by atoms with E-state index < -0.39 is 15.9 Å². The van der Waals surface area contributed by atoms with E-state index in [0.717, 1.165) is 19.3 Å². The molecule has 0 aromatic carbocycles. The van der Waals surface area contributed by atoms with Crippen LogP contribution < -0.4 is 10.5 Å². The first-order chi connectivity index (χ1) is 9.08. The number of hydrogen-bond donors (Lipinski definition) is 2. The predicted octanol–water partition coefficient (Wildman–Crippen LogP) is 1.54. The van der Waals surface area contributed by atoms with Crippen LogP contribution in [0.1, 0.15) is 49.4 Å². The molecule has 0 spiro atoms. The molecule has 1 saturated carbocycles. The second kappa shape index (κ2) is 4.89. The molecule has 20 heavy (non-hydrogen) atoms. The third-order valence-electron chi connectivity index (χ3n) is 3.71. The van der Waals surface area contributed by atoms with Gasteiger partial charge in [0.2, 0.25) is 10.0 Å². The van der Waals surface area contributed by atoms with Crippen LogP contribution in [-0.2, 0) is 10.0 Å². The van der Waals surface area contributed by atoms with Crippen molar-refractivity contribution in [3.8, 4) is 0 Å². The minimum Gasteiger partial charge on any atom is -0.455 e. The molecule has 7 heteroatoms. The highest BCUT2D eigenvalue weighted by Crippen LogP contribution is 2.37. The number of furan rings is 1. The monoisotopic (exact) mass is 300 g/mol. The number of primary sulfonamides is 1. The number of aryl methyl sites for hydroxylation is 1. The van der Waals surface area contributed by atoms with Gasteiger partial charge in [-0.2, -0.15) is 0 Å². The summed E-state index contributed by atoms with van der Waals surface area (Å²) in [5.74, 6) is -0.286. The summed E-state index contributed by atoms with van der Waals surface area (Å²) in [5, 5.41) is 7.93. The maximum atomic E-state index is 12.1. The largest absolute Gasteiger partial charge is 0.455 e. The van der Waals surface area contributed by atoms with Crippen LogP contribution in [0.15, 0.2) is 15.4 Å². The summed E-state index contributed by atoms with van der Waals surface area (Å²) < 4.78 is 27.8. The van der Waals surface area contributed by atoms with Crippen molar-refractivity contribution >= 4 is 15.9 Å². The fourth-order valence-electron chi connectivity index (χ4n) is 2.68. The summed E-state index contributed by atoms with van der Waals surface area (Å²) >= 11 is 0. The van der Waals surface area contributed by atoms with Crippen LogP contribution in [0.4, 0.5) is 0 Å². The van der Waals surface area contributed by atoms with Gasteiger partial charge in [-0.05, 0) is 31.6 Å². The summed E-state index contributed by atoms with van der Waals surface area (Å²) in [7, 11) is -3.87. The van der Waals surface area contributed by atoms with Crippen molar-refractivity contribution in [1.82, 2.24) is 5.32 Å².